The van der Waals surface area contributed by atoms with Gasteiger partial charge in [-0.15, -0.1) is 0 Å². The van der Waals surface area contributed by atoms with Crippen LogP contribution in [-0.4, -0.2) is 11.0 Å². The Kier molecular flexibility index (Phi) is 3.51. The number of hydrogen-bond acceptors (Lipinski definition) is 3. The Morgan fingerprint density at radius 3 is 2.65 bits per heavy atom. The molecule has 5 heteroatoms. The van der Waals surface area contributed by atoms with Crippen LogP contribution in [0.1, 0.15) is 11.5 Å². The van der Waals surface area contributed by atoms with Gasteiger partial charge in [0.25, 0.3) is 0 Å². The van der Waals surface area contributed by atoms with Crippen molar-refractivity contribution in [3.8, 4) is 0 Å². The van der Waals surface area contributed by atoms with Crippen molar-refractivity contribution in [3.05, 3.63) is 59.1 Å². The maximum atomic E-state index is 12.3. The first-order valence-electron chi connectivity index (χ1n) is 6.02. The summed E-state index contributed by atoms with van der Waals surface area (Å²) in [5, 5.41) is 3.11. The van der Waals surface area contributed by atoms with E-state index >= 15 is 0 Å². The van der Waals surface area contributed by atoms with Gasteiger partial charge in [0.2, 0.25) is 11.0 Å². The molecule has 1 unspecified atom stereocenters. The van der Waals surface area contributed by atoms with E-state index in [0.29, 0.717) is 16.3 Å². The van der Waals surface area contributed by atoms with Crippen molar-refractivity contribution in [1.82, 2.24) is 0 Å². The van der Waals surface area contributed by atoms with E-state index in [1.54, 1.807) is 30.3 Å². The molecular weight excluding hydrogens is 294 g/mol. The molecule has 3 nitrogen and oxygen atoms in total. The van der Waals surface area contributed by atoms with Crippen LogP contribution in [0.4, 0.5) is 5.69 Å². The van der Waals surface area contributed by atoms with E-state index in [-0.39, 0.29) is 11.0 Å². The summed E-state index contributed by atoms with van der Waals surface area (Å²) in [4.78, 5) is 25.1. The highest BCUT2D eigenvalue weighted by atomic mass is 35.5. The number of benzene rings is 2. The van der Waals surface area contributed by atoms with Crippen LogP contribution in [0.5, 0.6) is 0 Å². The van der Waals surface area contributed by atoms with Gasteiger partial charge in [0, 0.05) is 15.6 Å². The number of hydrogen-bond donors (Lipinski definition) is 1. The summed E-state index contributed by atoms with van der Waals surface area (Å²) in [7, 11) is 0. The van der Waals surface area contributed by atoms with Crippen LogP contribution in [0.25, 0.3) is 0 Å². The van der Waals surface area contributed by atoms with Gasteiger partial charge in [-0.3, -0.25) is 9.59 Å². The number of rotatable bonds is 2. The van der Waals surface area contributed by atoms with Crippen LogP contribution < -0.4 is 5.32 Å². The van der Waals surface area contributed by atoms with E-state index in [4.69, 9.17) is 11.6 Å². The monoisotopic (exact) mass is 303 g/mol. The summed E-state index contributed by atoms with van der Waals surface area (Å²) in [5.41, 5.74) is 1.35. The van der Waals surface area contributed by atoms with Crippen LogP contribution in [0.3, 0.4) is 0 Å². The molecule has 2 aromatic rings. The lowest BCUT2D eigenvalue weighted by atomic mass is 10.00. The van der Waals surface area contributed by atoms with Gasteiger partial charge < -0.3 is 5.32 Å². The van der Waals surface area contributed by atoms with Crippen molar-refractivity contribution in [1.29, 1.82) is 0 Å². The Balaban J connectivity index is 1.89. The second-order valence-electron chi connectivity index (χ2n) is 4.39. The third-order valence-electron chi connectivity index (χ3n) is 3.03. The fourth-order valence-corrected chi connectivity index (χ4v) is 3.30. The second-order valence-corrected chi connectivity index (χ2v) is 5.87. The van der Waals surface area contributed by atoms with Gasteiger partial charge in [-0.25, -0.2) is 0 Å². The molecule has 0 fully saturated rings. The zero-order valence-corrected chi connectivity index (χ0v) is 11.9. The number of para-hydroxylation sites is 1. The van der Waals surface area contributed by atoms with Crippen LogP contribution in [0.15, 0.2) is 53.4 Å². The molecule has 1 N–H and O–H groups in total. The number of thioether (sulfide) groups is 1. The van der Waals surface area contributed by atoms with Gasteiger partial charge in [0.1, 0.15) is 5.92 Å². The molecule has 2 aromatic carbocycles. The van der Waals surface area contributed by atoms with Gasteiger partial charge in [-0.2, -0.15) is 0 Å². The second kappa shape index (κ2) is 5.31. The van der Waals surface area contributed by atoms with E-state index in [0.717, 1.165) is 16.7 Å². The van der Waals surface area contributed by atoms with Gasteiger partial charge in [0.15, 0.2) is 0 Å². The Hall–Kier alpha value is -1.78. The molecule has 1 aliphatic heterocycles. The zero-order chi connectivity index (χ0) is 14.1. The van der Waals surface area contributed by atoms with Crippen LogP contribution in [0.2, 0.25) is 5.02 Å². The highest BCUT2D eigenvalue weighted by Crippen LogP contribution is 2.42. The van der Waals surface area contributed by atoms with E-state index in [2.05, 4.69) is 5.32 Å². The molecule has 0 saturated carbocycles. The molecule has 1 amide bonds. The molecule has 1 heterocycles. The number of amides is 1. The summed E-state index contributed by atoms with van der Waals surface area (Å²) in [6, 6.07) is 14.3. The average Bonchev–Trinajstić information content (AvgIpc) is 2.75. The summed E-state index contributed by atoms with van der Waals surface area (Å²) in [5.74, 6) is -1.12. The summed E-state index contributed by atoms with van der Waals surface area (Å²) in [6.07, 6.45) is 0. The lowest BCUT2D eigenvalue weighted by molar-refractivity contribution is -0.123. The van der Waals surface area contributed by atoms with Crippen LogP contribution in [-0.2, 0) is 9.59 Å². The number of fused-ring (bicyclic) bond motifs is 1. The Bertz CT molecular complexity index is 688. The molecule has 0 radical (unpaired) electrons. The smallest absolute Gasteiger partial charge is 0.240 e. The molecule has 100 valence electrons. The topological polar surface area (TPSA) is 46.2 Å². The molecule has 0 aromatic heterocycles. The first-order valence-corrected chi connectivity index (χ1v) is 7.21. The predicted octanol–water partition coefficient (Wildman–Crippen LogP) is 3.69. The largest absolute Gasteiger partial charge is 0.325 e. The summed E-state index contributed by atoms with van der Waals surface area (Å²) < 4.78 is 0. The quantitative estimate of drug-likeness (QED) is 0.861. The van der Waals surface area contributed by atoms with Crippen molar-refractivity contribution in [3.63, 3.8) is 0 Å². The lowest BCUT2D eigenvalue weighted by Gasteiger charge is -2.10. The molecule has 0 saturated heterocycles. The number of anilines is 1. The summed E-state index contributed by atoms with van der Waals surface area (Å²) in [6.45, 7) is 0. The lowest BCUT2D eigenvalue weighted by Crippen LogP contribution is -2.23. The number of carbonyl (C=O) groups excluding carboxylic acids is 2. The van der Waals surface area contributed by atoms with E-state index < -0.39 is 5.92 Å². The van der Waals surface area contributed by atoms with Gasteiger partial charge in [-0.1, -0.05) is 41.6 Å². The Labute approximate surface area is 125 Å². The zero-order valence-electron chi connectivity index (χ0n) is 10.3. The fraction of sp³-hybridized carbons (Fsp3) is 0.0667. The van der Waals surface area contributed by atoms with Crippen molar-refractivity contribution < 1.29 is 9.59 Å². The molecule has 0 bridgehead atoms. The molecule has 20 heavy (non-hydrogen) atoms. The highest BCUT2D eigenvalue weighted by molar-refractivity contribution is 8.14. The van der Waals surface area contributed by atoms with E-state index in [9.17, 15) is 9.59 Å². The first-order chi connectivity index (χ1) is 9.65. The number of nitrogens with one attached hydrogen (secondary N) is 1. The maximum absolute atomic E-state index is 12.3. The van der Waals surface area contributed by atoms with Gasteiger partial charge >= 0.3 is 0 Å². The predicted molar refractivity (Wildman–Crippen MR) is 80.1 cm³/mol. The molecule has 0 spiro atoms. The third kappa shape index (κ3) is 2.44. The SMILES string of the molecule is O=C(Nc1ccccc1)C1C(=O)Sc2ccc(Cl)cc21. The minimum Gasteiger partial charge on any atom is -0.325 e. The minimum absolute atomic E-state index is 0.171. The standard InChI is InChI=1S/C15H10ClNO2S/c16-9-6-7-12-11(8-9)13(15(19)20-12)14(18)17-10-4-2-1-3-5-10/h1-8,13H,(H,17,18). The first kappa shape index (κ1) is 13.2. The van der Waals surface area contributed by atoms with Crippen molar-refractivity contribution in [2.75, 3.05) is 5.32 Å². The minimum atomic E-state index is -0.797. The van der Waals surface area contributed by atoms with Crippen molar-refractivity contribution in [2.45, 2.75) is 10.8 Å². The molecule has 3 rings (SSSR count). The Morgan fingerprint density at radius 1 is 1.15 bits per heavy atom. The number of carbonyl (C=O) groups is 2. The number of halogens is 1. The van der Waals surface area contributed by atoms with Gasteiger partial charge in [0.05, 0.1) is 0 Å². The fourth-order valence-electron chi connectivity index (χ4n) is 2.12. The highest BCUT2D eigenvalue weighted by Gasteiger charge is 2.37. The molecule has 0 aliphatic carbocycles. The van der Waals surface area contributed by atoms with Gasteiger partial charge in [-0.05, 0) is 35.9 Å². The molecular formula is C15H10ClNO2S. The van der Waals surface area contributed by atoms with E-state index in [1.807, 2.05) is 18.2 Å². The molecule has 1 aliphatic rings. The van der Waals surface area contributed by atoms with Crippen molar-refractivity contribution >= 4 is 40.1 Å². The summed E-state index contributed by atoms with van der Waals surface area (Å²) >= 11 is 7.04. The van der Waals surface area contributed by atoms with Crippen molar-refractivity contribution in [2.24, 2.45) is 0 Å². The van der Waals surface area contributed by atoms with Crippen LogP contribution in [0, 0.1) is 0 Å². The Morgan fingerprint density at radius 2 is 1.90 bits per heavy atom. The average molecular weight is 304 g/mol. The molecule has 1 atom stereocenters. The third-order valence-corrected chi connectivity index (χ3v) is 4.30. The van der Waals surface area contributed by atoms with E-state index in [1.165, 1.54) is 0 Å². The van der Waals surface area contributed by atoms with Crippen LogP contribution >= 0.6 is 23.4 Å². The maximum Gasteiger partial charge on any atom is 0.240 e. The normalized spacial score (nSPS) is 16.9.